The predicted molar refractivity (Wildman–Crippen MR) is 174 cm³/mol. The Balaban J connectivity index is 2.93. The zero-order valence-electron chi connectivity index (χ0n) is 29.7. The molecule has 0 radical (unpaired) electrons. The number of esters is 1. The first-order chi connectivity index (χ1) is 20.6. The van der Waals surface area contributed by atoms with Crippen molar-refractivity contribution in [1.29, 1.82) is 0 Å². The normalized spacial score (nSPS) is 13.2. The first-order valence-electron chi connectivity index (χ1n) is 15.1. The Morgan fingerprint density at radius 2 is 0.957 bits per heavy atom. The van der Waals surface area contributed by atoms with Crippen molar-refractivity contribution < 1.29 is 38.2 Å². The second-order valence-corrected chi connectivity index (χ2v) is 14.8. The molecule has 5 N–H and O–H groups in total. The van der Waals surface area contributed by atoms with Gasteiger partial charge in [-0.05, 0) is 106 Å². The van der Waals surface area contributed by atoms with Crippen molar-refractivity contribution in [1.82, 2.24) is 26.6 Å². The molecular formula is C33H53N5O8. The van der Waals surface area contributed by atoms with Gasteiger partial charge in [-0.3, -0.25) is 24.0 Å². The van der Waals surface area contributed by atoms with Crippen LogP contribution >= 0.6 is 0 Å². The van der Waals surface area contributed by atoms with Gasteiger partial charge in [-0.25, -0.2) is 4.79 Å². The molecule has 0 fully saturated rings. The minimum atomic E-state index is -1.53. The van der Waals surface area contributed by atoms with Crippen molar-refractivity contribution in [2.24, 2.45) is 5.92 Å². The maximum atomic E-state index is 13.3. The number of amides is 5. The lowest BCUT2D eigenvalue weighted by molar-refractivity contribution is -0.160. The van der Waals surface area contributed by atoms with Crippen LogP contribution in [-0.4, -0.2) is 76.4 Å². The summed E-state index contributed by atoms with van der Waals surface area (Å²) in [5.74, 6) is -3.46. The molecule has 1 aromatic carbocycles. The second kappa shape index (κ2) is 14.5. The highest BCUT2D eigenvalue weighted by Gasteiger charge is 2.43. The van der Waals surface area contributed by atoms with Crippen LogP contribution in [0.3, 0.4) is 0 Å². The van der Waals surface area contributed by atoms with Gasteiger partial charge in [0.1, 0.15) is 39.5 Å². The van der Waals surface area contributed by atoms with E-state index in [0.717, 1.165) is 0 Å². The van der Waals surface area contributed by atoms with Crippen molar-refractivity contribution in [3.8, 4) is 5.75 Å². The van der Waals surface area contributed by atoms with E-state index in [9.17, 15) is 28.8 Å². The topological polar surface area (TPSA) is 181 Å². The minimum absolute atomic E-state index is 0.292. The van der Waals surface area contributed by atoms with E-state index in [1.807, 2.05) is 0 Å². The van der Waals surface area contributed by atoms with Crippen molar-refractivity contribution in [2.45, 2.75) is 124 Å². The van der Waals surface area contributed by atoms with Gasteiger partial charge in [-0.2, -0.15) is 0 Å². The Morgan fingerprint density at radius 1 is 0.587 bits per heavy atom. The Labute approximate surface area is 272 Å². The van der Waals surface area contributed by atoms with E-state index in [-0.39, 0.29) is 5.92 Å². The van der Waals surface area contributed by atoms with E-state index in [1.54, 1.807) is 58.9 Å². The molecule has 0 bridgehead atoms. The lowest BCUT2D eigenvalue weighted by atomic mass is 9.94. The van der Waals surface area contributed by atoms with Crippen LogP contribution in [0.1, 0.15) is 100 Å². The van der Waals surface area contributed by atoms with Gasteiger partial charge < -0.3 is 36.1 Å². The average molecular weight is 648 g/mol. The third-order valence-electron chi connectivity index (χ3n) is 6.94. The van der Waals surface area contributed by atoms with Gasteiger partial charge in [-0.1, -0.05) is 13.8 Å². The molecule has 1 aromatic rings. The van der Waals surface area contributed by atoms with Crippen LogP contribution in [-0.2, 0) is 28.7 Å². The van der Waals surface area contributed by atoms with Gasteiger partial charge in [0.15, 0.2) is 0 Å². The van der Waals surface area contributed by atoms with E-state index in [2.05, 4.69) is 26.6 Å². The number of ether oxygens (including phenoxy) is 2. The third kappa shape index (κ3) is 11.3. The number of rotatable bonds is 13. The first kappa shape index (κ1) is 39.9. The molecule has 13 nitrogen and oxygen atoms in total. The van der Waals surface area contributed by atoms with Crippen LogP contribution in [0.2, 0.25) is 0 Å². The van der Waals surface area contributed by atoms with Gasteiger partial charge >= 0.3 is 5.97 Å². The summed E-state index contributed by atoms with van der Waals surface area (Å²) < 4.78 is 10.5. The molecule has 0 heterocycles. The molecule has 258 valence electrons. The van der Waals surface area contributed by atoms with Crippen LogP contribution in [0, 0.1) is 5.92 Å². The molecule has 0 saturated carbocycles. The van der Waals surface area contributed by atoms with Crippen LogP contribution < -0.4 is 31.3 Å². The summed E-state index contributed by atoms with van der Waals surface area (Å²) >= 11 is 0. The highest BCUT2D eigenvalue weighted by Crippen LogP contribution is 2.17. The molecule has 0 aliphatic rings. The third-order valence-corrected chi connectivity index (χ3v) is 6.94. The van der Waals surface area contributed by atoms with Crippen LogP contribution in [0.5, 0.6) is 5.75 Å². The Bertz CT molecular complexity index is 1310. The van der Waals surface area contributed by atoms with Gasteiger partial charge in [0, 0.05) is 5.56 Å². The van der Waals surface area contributed by atoms with Gasteiger partial charge in [0.25, 0.3) is 5.91 Å². The Hall–Kier alpha value is -4.16. The molecule has 0 saturated heterocycles. The van der Waals surface area contributed by atoms with E-state index >= 15 is 0 Å². The maximum Gasteiger partial charge on any atom is 0.329 e. The SMILES string of the molecule is COc1ccc(C(=O)NC(C)(C)C(=O)NC(C)(C)C(=O)NC(C)(C)C(=O)NC(C)(C)C(=O)N[C@H](C(=O)OC(C)(C)C)C(C)C)cc1. The standard InChI is InChI=1S/C33H53N5O8/c1-19(2)22(24(40)46-29(3,4)5)34-25(41)30(6,7)36-27(43)32(10,11)38-28(44)33(12,13)37-26(42)31(8,9)35-23(39)20-15-17-21(45-14)18-16-20/h15-19,22H,1-14H3,(H,34,41)(H,35,39)(H,36,43)(H,37,42)(H,38,44)/t22-/m0/s1. The van der Waals surface area contributed by atoms with E-state index < -0.39 is 69.3 Å². The van der Waals surface area contributed by atoms with E-state index in [0.29, 0.717) is 11.3 Å². The molecule has 0 aliphatic heterocycles. The summed E-state index contributed by atoms with van der Waals surface area (Å²) in [5, 5.41) is 13.2. The second-order valence-electron chi connectivity index (χ2n) is 14.8. The predicted octanol–water partition coefficient (Wildman–Crippen LogP) is 2.37. The van der Waals surface area contributed by atoms with Gasteiger partial charge in [-0.15, -0.1) is 0 Å². The molecule has 1 rings (SSSR count). The fraction of sp³-hybridized carbons (Fsp3) is 0.636. The maximum absolute atomic E-state index is 13.3. The number of hydrogen-bond donors (Lipinski definition) is 5. The Morgan fingerprint density at radius 3 is 1.30 bits per heavy atom. The highest BCUT2D eigenvalue weighted by molar-refractivity contribution is 6.02. The van der Waals surface area contributed by atoms with Crippen molar-refractivity contribution in [3.05, 3.63) is 29.8 Å². The minimum Gasteiger partial charge on any atom is -0.497 e. The lowest BCUT2D eigenvalue weighted by Crippen LogP contribution is -2.68. The molecule has 1 atom stereocenters. The molecule has 46 heavy (non-hydrogen) atoms. The van der Waals surface area contributed by atoms with Crippen LogP contribution in [0.25, 0.3) is 0 Å². The summed E-state index contributed by atoms with van der Waals surface area (Å²) in [6.45, 7) is 20.4. The molecular weight excluding hydrogens is 594 g/mol. The fourth-order valence-electron chi connectivity index (χ4n) is 3.83. The summed E-state index contributed by atoms with van der Waals surface area (Å²) in [5.41, 5.74) is -6.38. The number of methoxy groups -OCH3 is 1. The van der Waals surface area contributed by atoms with Crippen molar-refractivity contribution in [3.63, 3.8) is 0 Å². The van der Waals surface area contributed by atoms with Gasteiger partial charge in [0.05, 0.1) is 7.11 Å². The fourth-order valence-corrected chi connectivity index (χ4v) is 3.83. The molecule has 0 unspecified atom stereocenters. The highest BCUT2D eigenvalue weighted by atomic mass is 16.6. The Kier molecular flexibility index (Phi) is 12.6. The molecule has 0 spiro atoms. The smallest absolute Gasteiger partial charge is 0.329 e. The molecule has 0 aromatic heterocycles. The van der Waals surface area contributed by atoms with Crippen molar-refractivity contribution in [2.75, 3.05) is 7.11 Å². The monoisotopic (exact) mass is 647 g/mol. The zero-order valence-corrected chi connectivity index (χ0v) is 29.7. The number of carbonyl (C=O) groups is 6. The molecule has 13 heteroatoms. The average Bonchev–Trinajstić information content (AvgIpc) is 2.89. The first-order valence-corrected chi connectivity index (χ1v) is 15.1. The van der Waals surface area contributed by atoms with Crippen LogP contribution in [0.4, 0.5) is 0 Å². The summed E-state index contributed by atoms with van der Waals surface area (Å²) in [6, 6.07) is 5.40. The lowest BCUT2D eigenvalue weighted by Gasteiger charge is -2.36. The van der Waals surface area contributed by atoms with Crippen molar-refractivity contribution >= 4 is 35.5 Å². The molecule has 5 amide bonds. The number of nitrogens with one attached hydrogen (secondary N) is 5. The summed E-state index contributed by atoms with van der Waals surface area (Å²) in [7, 11) is 1.51. The van der Waals surface area contributed by atoms with E-state index in [1.165, 1.54) is 62.5 Å². The largest absolute Gasteiger partial charge is 0.497 e. The van der Waals surface area contributed by atoms with Gasteiger partial charge in [0.2, 0.25) is 23.6 Å². The number of benzene rings is 1. The number of hydrogen-bond acceptors (Lipinski definition) is 8. The quantitative estimate of drug-likeness (QED) is 0.202. The molecule has 0 aliphatic carbocycles. The summed E-state index contributed by atoms with van der Waals surface area (Å²) in [6.07, 6.45) is 0. The zero-order chi connectivity index (χ0) is 36.1. The number of carbonyl (C=O) groups excluding carboxylic acids is 6. The summed E-state index contributed by atoms with van der Waals surface area (Å²) in [4.78, 5) is 78.5. The van der Waals surface area contributed by atoms with Crippen LogP contribution in [0.15, 0.2) is 24.3 Å². The van der Waals surface area contributed by atoms with E-state index in [4.69, 9.17) is 9.47 Å².